The molecule has 0 saturated carbocycles. The first kappa shape index (κ1) is 15.5. The van der Waals surface area contributed by atoms with Crippen LogP contribution >= 0.6 is 0 Å². The van der Waals surface area contributed by atoms with Crippen molar-refractivity contribution in [3.05, 3.63) is 16.7 Å². The lowest BCUT2D eigenvalue weighted by molar-refractivity contribution is 0.0969. The van der Waals surface area contributed by atoms with Gasteiger partial charge in [-0.05, 0) is 0 Å². The molecule has 0 fully saturated rings. The molecule has 8 nitrogen and oxygen atoms in total. The van der Waals surface area contributed by atoms with Gasteiger partial charge >= 0.3 is 6.01 Å². The predicted octanol–water partition coefficient (Wildman–Crippen LogP) is -0.595. The number of aliphatic hydroxyl groups excluding tert-OH is 1. The van der Waals surface area contributed by atoms with E-state index >= 15 is 0 Å². The number of ether oxygens (including phenoxy) is 1. The van der Waals surface area contributed by atoms with E-state index in [1.54, 1.807) is 18.7 Å². The molecule has 2 aromatic rings. The third-order valence-electron chi connectivity index (χ3n) is 3.08. The van der Waals surface area contributed by atoms with Crippen molar-refractivity contribution in [3.63, 3.8) is 0 Å². The highest BCUT2D eigenvalue weighted by molar-refractivity contribution is 5.69. The van der Waals surface area contributed by atoms with Crippen LogP contribution in [0.15, 0.2) is 11.1 Å². The summed E-state index contributed by atoms with van der Waals surface area (Å²) in [5.74, 6) is 0. The smallest absolute Gasteiger partial charge is 0.301 e. The van der Waals surface area contributed by atoms with E-state index in [9.17, 15) is 9.90 Å². The second-order valence-electron chi connectivity index (χ2n) is 5.31. The summed E-state index contributed by atoms with van der Waals surface area (Å²) in [7, 11) is 3.32. The maximum Gasteiger partial charge on any atom is 0.301 e. The van der Waals surface area contributed by atoms with Crippen molar-refractivity contribution in [1.82, 2.24) is 24.4 Å². The van der Waals surface area contributed by atoms with Gasteiger partial charge in [0, 0.05) is 26.7 Å². The van der Waals surface area contributed by atoms with Gasteiger partial charge in [0.15, 0.2) is 11.2 Å². The maximum atomic E-state index is 12.2. The number of nitrogens with zero attached hydrogens (tertiary/aromatic N) is 4. The number of aromatic nitrogens is 4. The molecule has 0 unspecified atom stereocenters. The second-order valence-corrected chi connectivity index (χ2v) is 5.31. The molecule has 0 aliphatic rings. The molecule has 0 aromatic carbocycles. The van der Waals surface area contributed by atoms with Crippen molar-refractivity contribution in [3.8, 4) is 6.01 Å². The quantitative estimate of drug-likeness (QED) is 0.739. The number of nitrogens with one attached hydrogen (secondary N) is 1. The highest BCUT2D eigenvalue weighted by Crippen LogP contribution is 2.10. The lowest BCUT2D eigenvalue weighted by atomic mass is 10.3. The molecule has 116 valence electrons. The van der Waals surface area contributed by atoms with Crippen molar-refractivity contribution in [2.45, 2.75) is 26.0 Å². The average Bonchev–Trinajstić information content (AvgIpc) is 2.80. The molecule has 0 aliphatic carbocycles. The Hall–Kier alpha value is -1.93. The Balaban J connectivity index is 2.12. The number of rotatable bonds is 6. The van der Waals surface area contributed by atoms with Crippen LogP contribution < -0.4 is 15.6 Å². The number of aryl methyl sites for hydroxylation is 1. The molecule has 2 rings (SSSR count). The summed E-state index contributed by atoms with van der Waals surface area (Å²) in [6.07, 6.45) is 0.855. The van der Waals surface area contributed by atoms with Gasteiger partial charge in [-0.3, -0.25) is 9.36 Å². The molecule has 1 atom stereocenters. The highest BCUT2D eigenvalue weighted by atomic mass is 16.5. The van der Waals surface area contributed by atoms with E-state index in [1.807, 2.05) is 13.8 Å². The fourth-order valence-electron chi connectivity index (χ4n) is 1.89. The van der Waals surface area contributed by atoms with E-state index < -0.39 is 6.10 Å². The highest BCUT2D eigenvalue weighted by Gasteiger charge is 2.14. The van der Waals surface area contributed by atoms with Gasteiger partial charge in [0.25, 0.3) is 5.56 Å². The first-order valence-electron chi connectivity index (χ1n) is 6.82. The Morgan fingerprint density at radius 2 is 2.14 bits per heavy atom. The first-order valence-corrected chi connectivity index (χ1v) is 6.82. The topological polar surface area (TPSA) is 94.2 Å². The van der Waals surface area contributed by atoms with E-state index in [4.69, 9.17) is 4.74 Å². The Labute approximate surface area is 122 Å². The Morgan fingerprint density at radius 1 is 1.43 bits per heavy atom. The van der Waals surface area contributed by atoms with Crippen LogP contribution in [-0.2, 0) is 14.1 Å². The van der Waals surface area contributed by atoms with Crippen molar-refractivity contribution in [2.75, 3.05) is 13.2 Å². The van der Waals surface area contributed by atoms with E-state index in [2.05, 4.69) is 15.3 Å². The van der Waals surface area contributed by atoms with Gasteiger partial charge in [0.1, 0.15) is 12.7 Å². The molecule has 0 amide bonds. The summed E-state index contributed by atoms with van der Waals surface area (Å²) >= 11 is 0. The molecule has 0 bridgehead atoms. The van der Waals surface area contributed by atoms with Gasteiger partial charge in [-0.2, -0.15) is 4.98 Å². The van der Waals surface area contributed by atoms with Crippen molar-refractivity contribution >= 4 is 11.2 Å². The molecule has 0 radical (unpaired) electrons. The fourth-order valence-corrected chi connectivity index (χ4v) is 1.89. The normalized spacial score (nSPS) is 13.0. The van der Waals surface area contributed by atoms with E-state index in [0.717, 1.165) is 0 Å². The zero-order valence-electron chi connectivity index (χ0n) is 12.7. The minimum absolute atomic E-state index is 0.0539. The molecular weight excluding hydrogens is 274 g/mol. The zero-order chi connectivity index (χ0) is 15.6. The van der Waals surface area contributed by atoms with Gasteiger partial charge in [-0.25, -0.2) is 4.98 Å². The third-order valence-corrected chi connectivity index (χ3v) is 3.08. The summed E-state index contributed by atoms with van der Waals surface area (Å²) < 4.78 is 8.37. The van der Waals surface area contributed by atoms with Crippen molar-refractivity contribution in [2.24, 2.45) is 14.1 Å². The maximum absolute atomic E-state index is 12.2. The van der Waals surface area contributed by atoms with Crippen LogP contribution in [0.4, 0.5) is 0 Å². The third kappa shape index (κ3) is 3.40. The molecule has 2 heterocycles. The number of fused-ring (bicyclic) bond motifs is 1. The summed E-state index contributed by atoms with van der Waals surface area (Å²) in [5, 5.41) is 12.9. The SMILES string of the molecule is CC(C)NC[C@@H](O)COc1nc2ncn(C)c2c(=O)n1C. The van der Waals surface area contributed by atoms with Crippen LogP contribution in [-0.4, -0.2) is 49.5 Å². The standard InChI is InChI=1S/C13H21N5O3/c1-8(2)14-5-9(19)6-21-13-16-11-10(12(20)18(13)4)17(3)7-15-11/h7-9,14,19H,5-6H2,1-4H3/t9-/m1/s1. The van der Waals surface area contributed by atoms with Crippen molar-refractivity contribution in [1.29, 1.82) is 0 Å². The van der Waals surface area contributed by atoms with Gasteiger partial charge < -0.3 is 19.7 Å². The Morgan fingerprint density at radius 3 is 2.81 bits per heavy atom. The van der Waals surface area contributed by atoms with Crippen LogP contribution in [0.5, 0.6) is 6.01 Å². The summed E-state index contributed by atoms with van der Waals surface area (Å²) in [6.45, 7) is 4.46. The number of hydrogen-bond acceptors (Lipinski definition) is 6. The van der Waals surface area contributed by atoms with Gasteiger partial charge in [-0.15, -0.1) is 0 Å². The summed E-state index contributed by atoms with van der Waals surface area (Å²) in [4.78, 5) is 20.5. The average molecular weight is 295 g/mol. The second kappa shape index (κ2) is 6.23. The molecule has 21 heavy (non-hydrogen) atoms. The molecule has 8 heteroatoms. The lowest BCUT2D eigenvalue weighted by Gasteiger charge is -2.15. The molecule has 2 N–H and O–H groups in total. The Kier molecular flexibility index (Phi) is 4.59. The van der Waals surface area contributed by atoms with E-state index in [-0.39, 0.29) is 24.2 Å². The minimum Gasteiger partial charge on any atom is -0.462 e. The molecule has 0 saturated heterocycles. The molecule has 2 aromatic heterocycles. The first-order chi connectivity index (χ1) is 9.90. The van der Waals surface area contributed by atoms with Crippen LogP contribution in [0.1, 0.15) is 13.8 Å². The minimum atomic E-state index is -0.677. The predicted molar refractivity (Wildman–Crippen MR) is 78.4 cm³/mol. The molecule has 0 spiro atoms. The van der Waals surface area contributed by atoms with Crippen LogP contribution in [0.25, 0.3) is 11.2 Å². The van der Waals surface area contributed by atoms with E-state index in [1.165, 1.54) is 10.9 Å². The van der Waals surface area contributed by atoms with Crippen molar-refractivity contribution < 1.29 is 9.84 Å². The van der Waals surface area contributed by atoms with Crippen LogP contribution in [0, 0.1) is 0 Å². The largest absolute Gasteiger partial charge is 0.462 e. The van der Waals surface area contributed by atoms with Crippen LogP contribution in [0.3, 0.4) is 0 Å². The van der Waals surface area contributed by atoms with Gasteiger partial charge in [0.05, 0.1) is 6.33 Å². The fraction of sp³-hybridized carbons (Fsp3) is 0.615. The number of hydrogen-bond donors (Lipinski definition) is 2. The number of aliphatic hydroxyl groups is 1. The van der Waals surface area contributed by atoms with Gasteiger partial charge in [0.2, 0.25) is 0 Å². The van der Waals surface area contributed by atoms with Crippen LogP contribution in [0.2, 0.25) is 0 Å². The number of imidazole rings is 1. The molecular formula is C13H21N5O3. The monoisotopic (exact) mass is 295 g/mol. The summed E-state index contributed by atoms with van der Waals surface area (Å²) in [5.41, 5.74) is 0.530. The van der Waals surface area contributed by atoms with Gasteiger partial charge in [-0.1, -0.05) is 13.8 Å². The molecule has 0 aliphatic heterocycles. The van der Waals surface area contributed by atoms with E-state index in [0.29, 0.717) is 17.7 Å². The lowest BCUT2D eigenvalue weighted by Crippen LogP contribution is -2.35. The summed E-state index contributed by atoms with van der Waals surface area (Å²) in [6, 6.07) is 0.432. The zero-order valence-corrected chi connectivity index (χ0v) is 12.7. The Bertz CT molecular complexity index is 676.